The van der Waals surface area contributed by atoms with Gasteiger partial charge in [-0.1, -0.05) is 13.8 Å². The molecule has 0 bridgehead atoms. The number of hydrogen-bond acceptors (Lipinski definition) is 4. The van der Waals surface area contributed by atoms with E-state index in [1.807, 2.05) is 14.0 Å². The fourth-order valence-corrected chi connectivity index (χ4v) is 2.85. The quantitative estimate of drug-likeness (QED) is 0.715. The molecule has 0 aromatic rings. The Morgan fingerprint density at radius 3 is 2.53 bits per heavy atom. The maximum atomic E-state index is 12.0. The third-order valence-electron chi connectivity index (χ3n) is 3.96. The summed E-state index contributed by atoms with van der Waals surface area (Å²) in [5, 5.41) is 3.19. The standard InChI is InChI=1S/C13H26N2O2/c1-5-15(6-2)11-8-9-13(10-11,14-4)12(16)17-7-3/h11,14H,5-10H2,1-4H3. The molecule has 4 nitrogen and oxygen atoms in total. The number of carbonyl (C=O) groups excluding carboxylic acids is 1. The number of rotatable bonds is 6. The van der Waals surface area contributed by atoms with Gasteiger partial charge in [0.2, 0.25) is 0 Å². The second-order valence-electron chi connectivity index (χ2n) is 4.67. The van der Waals surface area contributed by atoms with Crippen LogP contribution in [0.2, 0.25) is 0 Å². The van der Waals surface area contributed by atoms with Gasteiger partial charge in [-0.25, -0.2) is 0 Å². The van der Waals surface area contributed by atoms with Crippen molar-refractivity contribution >= 4 is 5.97 Å². The van der Waals surface area contributed by atoms with Crippen LogP contribution in [0.4, 0.5) is 0 Å². The third-order valence-corrected chi connectivity index (χ3v) is 3.96. The van der Waals surface area contributed by atoms with Gasteiger partial charge in [-0.3, -0.25) is 4.79 Å². The average Bonchev–Trinajstić information content (AvgIpc) is 2.77. The molecule has 1 aliphatic carbocycles. The predicted molar refractivity (Wildman–Crippen MR) is 69.0 cm³/mol. The van der Waals surface area contributed by atoms with Crippen molar-refractivity contribution in [2.45, 2.75) is 51.6 Å². The molecular formula is C13H26N2O2. The minimum atomic E-state index is -0.455. The van der Waals surface area contributed by atoms with Crippen molar-refractivity contribution in [1.82, 2.24) is 10.2 Å². The van der Waals surface area contributed by atoms with Crippen LogP contribution < -0.4 is 5.32 Å². The van der Waals surface area contributed by atoms with Crippen molar-refractivity contribution in [3.8, 4) is 0 Å². The van der Waals surface area contributed by atoms with Gasteiger partial charge in [0.1, 0.15) is 5.54 Å². The van der Waals surface area contributed by atoms with E-state index in [0.717, 1.165) is 32.4 Å². The third kappa shape index (κ3) is 2.99. The molecule has 2 atom stereocenters. The lowest BCUT2D eigenvalue weighted by molar-refractivity contribution is -0.151. The van der Waals surface area contributed by atoms with Gasteiger partial charge in [0.15, 0.2) is 0 Å². The van der Waals surface area contributed by atoms with Gasteiger partial charge in [0.05, 0.1) is 6.61 Å². The number of nitrogens with zero attached hydrogens (tertiary/aromatic N) is 1. The Labute approximate surface area is 105 Å². The molecular weight excluding hydrogens is 216 g/mol. The van der Waals surface area contributed by atoms with E-state index in [4.69, 9.17) is 4.74 Å². The zero-order valence-electron chi connectivity index (χ0n) is 11.6. The molecule has 0 aliphatic heterocycles. The van der Waals surface area contributed by atoms with E-state index >= 15 is 0 Å². The minimum absolute atomic E-state index is 0.0860. The first-order valence-electron chi connectivity index (χ1n) is 6.73. The Bertz CT molecular complexity index is 254. The molecule has 0 spiro atoms. The Morgan fingerprint density at radius 1 is 1.41 bits per heavy atom. The number of esters is 1. The SMILES string of the molecule is CCOC(=O)C1(NC)CCC(N(CC)CC)C1. The molecule has 0 heterocycles. The molecule has 0 aromatic carbocycles. The lowest BCUT2D eigenvalue weighted by Crippen LogP contribution is -2.50. The lowest BCUT2D eigenvalue weighted by Gasteiger charge is -2.29. The molecule has 1 rings (SSSR count). The van der Waals surface area contributed by atoms with Crippen molar-refractivity contribution in [2.24, 2.45) is 0 Å². The van der Waals surface area contributed by atoms with Crippen LogP contribution in [-0.4, -0.2) is 49.2 Å². The molecule has 17 heavy (non-hydrogen) atoms. The molecule has 0 aromatic heterocycles. The lowest BCUT2D eigenvalue weighted by atomic mass is 9.97. The molecule has 0 saturated heterocycles. The topological polar surface area (TPSA) is 41.6 Å². The van der Waals surface area contributed by atoms with Gasteiger partial charge < -0.3 is 15.0 Å². The maximum absolute atomic E-state index is 12.0. The van der Waals surface area contributed by atoms with Gasteiger partial charge in [-0.2, -0.15) is 0 Å². The van der Waals surface area contributed by atoms with E-state index in [9.17, 15) is 4.79 Å². The summed E-state index contributed by atoms with van der Waals surface area (Å²) in [6.07, 6.45) is 2.81. The van der Waals surface area contributed by atoms with Crippen LogP contribution in [0.25, 0.3) is 0 Å². The molecule has 100 valence electrons. The normalized spacial score (nSPS) is 28.6. The summed E-state index contributed by atoms with van der Waals surface area (Å²) in [7, 11) is 1.86. The molecule has 1 N–H and O–H groups in total. The van der Waals surface area contributed by atoms with Crippen molar-refractivity contribution in [3.63, 3.8) is 0 Å². The highest BCUT2D eigenvalue weighted by molar-refractivity contribution is 5.81. The number of ether oxygens (including phenoxy) is 1. The van der Waals surface area contributed by atoms with Crippen LogP contribution >= 0.6 is 0 Å². The fourth-order valence-electron chi connectivity index (χ4n) is 2.85. The number of hydrogen-bond donors (Lipinski definition) is 1. The van der Waals surface area contributed by atoms with Crippen LogP contribution in [0, 0.1) is 0 Å². The second kappa shape index (κ2) is 6.36. The molecule has 1 aliphatic rings. The average molecular weight is 242 g/mol. The summed E-state index contributed by atoms with van der Waals surface area (Å²) in [6.45, 7) is 8.75. The maximum Gasteiger partial charge on any atom is 0.326 e. The van der Waals surface area contributed by atoms with E-state index in [1.165, 1.54) is 0 Å². The van der Waals surface area contributed by atoms with Gasteiger partial charge in [-0.05, 0) is 46.3 Å². The zero-order valence-corrected chi connectivity index (χ0v) is 11.6. The van der Waals surface area contributed by atoms with Gasteiger partial charge in [0, 0.05) is 6.04 Å². The Hall–Kier alpha value is -0.610. The number of likely N-dealkylation sites (N-methyl/N-ethyl adjacent to an activating group) is 1. The Morgan fingerprint density at radius 2 is 2.06 bits per heavy atom. The summed E-state index contributed by atoms with van der Waals surface area (Å²) in [4.78, 5) is 14.5. The van der Waals surface area contributed by atoms with Crippen LogP contribution in [-0.2, 0) is 9.53 Å². The first-order chi connectivity index (χ1) is 8.13. The van der Waals surface area contributed by atoms with E-state index in [-0.39, 0.29) is 5.97 Å². The number of carbonyl (C=O) groups is 1. The summed E-state index contributed by atoms with van der Waals surface area (Å²) in [6, 6.07) is 0.502. The molecule has 0 radical (unpaired) electrons. The Kier molecular flexibility index (Phi) is 5.40. The summed E-state index contributed by atoms with van der Waals surface area (Å²) in [5.41, 5.74) is -0.455. The molecule has 4 heteroatoms. The largest absolute Gasteiger partial charge is 0.465 e. The Balaban J connectivity index is 2.69. The van der Waals surface area contributed by atoms with Crippen molar-refractivity contribution in [1.29, 1.82) is 0 Å². The van der Waals surface area contributed by atoms with Crippen molar-refractivity contribution in [2.75, 3.05) is 26.7 Å². The highest BCUT2D eigenvalue weighted by Gasteiger charge is 2.46. The molecule has 0 amide bonds. The zero-order chi connectivity index (χ0) is 12.9. The summed E-state index contributed by atoms with van der Waals surface area (Å²) in [5.74, 6) is -0.0860. The predicted octanol–water partition coefficient (Wildman–Crippen LogP) is 1.40. The van der Waals surface area contributed by atoms with E-state index < -0.39 is 5.54 Å². The minimum Gasteiger partial charge on any atom is -0.465 e. The van der Waals surface area contributed by atoms with E-state index in [1.54, 1.807) is 0 Å². The van der Waals surface area contributed by atoms with Crippen molar-refractivity contribution in [3.05, 3.63) is 0 Å². The van der Waals surface area contributed by atoms with Gasteiger partial charge in [-0.15, -0.1) is 0 Å². The monoisotopic (exact) mass is 242 g/mol. The summed E-state index contributed by atoms with van der Waals surface area (Å²) < 4.78 is 5.20. The number of nitrogens with one attached hydrogen (secondary N) is 1. The highest BCUT2D eigenvalue weighted by atomic mass is 16.5. The molecule has 1 saturated carbocycles. The molecule has 1 fully saturated rings. The van der Waals surface area contributed by atoms with Gasteiger partial charge >= 0.3 is 5.97 Å². The van der Waals surface area contributed by atoms with Crippen LogP contribution in [0.15, 0.2) is 0 Å². The van der Waals surface area contributed by atoms with Crippen molar-refractivity contribution < 1.29 is 9.53 Å². The fraction of sp³-hybridized carbons (Fsp3) is 0.923. The van der Waals surface area contributed by atoms with Crippen LogP contribution in [0.5, 0.6) is 0 Å². The second-order valence-corrected chi connectivity index (χ2v) is 4.67. The van der Waals surface area contributed by atoms with Crippen LogP contribution in [0.3, 0.4) is 0 Å². The van der Waals surface area contributed by atoms with E-state index in [2.05, 4.69) is 24.1 Å². The van der Waals surface area contributed by atoms with E-state index in [0.29, 0.717) is 12.6 Å². The first kappa shape index (κ1) is 14.5. The molecule has 2 unspecified atom stereocenters. The highest BCUT2D eigenvalue weighted by Crippen LogP contribution is 2.33. The smallest absolute Gasteiger partial charge is 0.326 e. The summed E-state index contributed by atoms with van der Waals surface area (Å²) >= 11 is 0. The first-order valence-corrected chi connectivity index (χ1v) is 6.73. The van der Waals surface area contributed by atoms with Gasteiger partial charge in [0.25, 0.3) is 0 Å². The van der Waals surface area contributed by atoms with Crippen LogP contribution in [0.1, 0.15) is 40.0 Å².